The molecule has 23 heavy (non-hydrogen) atoms. The van der Waals surface area contributed by atoms with Crippen LogP contribution in [0.1, 0.15) is 6.42 Å². The number of aromatic nitrogens is 2. The van der Waals surface area contributed by atoms with Crippen LogP contribution in [0.25, 0.3) is 32.7 Å². The zero-order valence-electron chi connectivity index (χ0n) is 12.4. The largest absolute Gasteiger partial charge is 1.00 e. The predicted octanol–water partition coefficient (Wildman–Crippen LogP) is 5.17. The summed E-state index contributed by atoms with van der Waals surface area (Å²) in [6.07, 6.45) is 11.8. The van der Waals surface area contributed by atoms with Crippen LogP contribution in [0, 0.1) is 6.08 Å². The zero-order chi connectivity index (χ0) is 14.8. The molecule has 1 aliphatic carbocycles. The van der Waals surface area contributed by atoms with Gasteiger partial charge in [-0.3, -0.25) is 11.1 Å². The Bertz CT molecular complexity index is 1000. The Labute approximate surface area is 147 Å². The Morgan fingerprint density at radius 1 is 0.913 bits per heavy atom. The molecule has 3 heteroatoms. The summed E-state index contributed by atoms with van der Waals surface area (Å²) in [5.41, 5.74) is 3.39. The van der Waals surface area contributed by atoms with Crippen LogP contribution in [0.15, 0.2) is 73.0 Å². The Morgan fingerprint density at radius 3 is 2.57 bits per heavy atom. The quantitative estimate of drug-likeness (QED) is 0.329. The Kier molecular flexibility index (Phi) is 4.69. The Hall–Kier alpha value is -2.25. The molecule has 0 unspecified atom stereocenters. The van der Waals surface area contributed by atoms with Gasteiger partial charge in [0.25, 0.3) is 0 Å². The number of H-pyrrole nitrogens is 1. The summed E-state index contributed by atoms with van der Waals surface area (Å²) in [6.45, 7) is 0. The first-order chi connectivity index (χ1) is 10.9. The van der Waals surface area contributed by atoms with Gasteiger partial charge in [0, 0.05) is 27.9 Å². The standard InChI is InChI=1S/C15H10N2.C5H5.Ru/c1-2-6-14-10(4-1)11-7-8-13-12(15(11)17-14)5-3-9-16-13;1-2-4-5-3-1;/h1-9,17H;1-3H,4H2;/q;-1;+1. The van der Waals surface area contributed by atoms with Crippen molar-refractivity contribution in [2.45, 2.75) is 6.42 Å². The van der Waals surface area contributed by atoms with E-state index in [4.69, 9.17) is 0 Å². The van der Waals surface area contributed by atoms with Gasteiger partial charge in [-0.05, 0) is 24.3 Å². The van der Waals surface area contributed by atoms with E-state index in [9.17, 15) is 0 Å². The molecule has 4 aromatic rings. The Balaban J connectivity index is 0.000000226. The van der Waals surface area contributed by atoms with Crippen LogP contribution in [-0.4, -0.2) is 9.97 Å². The molecule has 0 saturated carbocycles. The Morgan fingerprint density at radius 2 is 1.78 bits per heavy atom. The molecule has 5 rings (SSSR count). The van der Waals surface area contributed by atoms with Gasteiger partial charge in [-0.1, -0.05) is 24.3 Å². The molecule has 2 aromatic heterocycles. The van der Waals surface area contributed by atoms with E-state index in [2.05, 4.69) is 64.6 Å². The van der Waals surface area contributed by atoms with Crippen LogP contribution in [-0.2, 0) is 19.5 Å². The van der Waals surface area contributed by atoms with Crippen molar-refractivity contribution in [2.24, 2.45) is 0 Å². The van der Waals surface area contributed by atoms with Crippen LogP contribution in [0.5, 0.6) is 0 Å². The van der Waals surface area contributed by atoms with Crippen LogP contribution in [0.2, 0.25) is 0 Å². The van der Waals surface area contributed by atoms with Gasteiger partial charge in [0.15, 0.2) is 0 Å². The van der Waals surface area contributed by atoms with Gasteiger partial charge in [0.1, 0.15) is 0 Å². The van der Waals surface area contributed by atoms with E-state index < -0.39 is 0 Å². The summed E-state index contributed by atoms with van der Waals surface area (Å²) >= 11 is 0. The summed E-state index contributed by atoms with van der Waals surface area (Å²) in [4.78, 5) is 7.86. The maximum absolute atomic E-state index is 4.38. The topological polar surface area (TPSA) is 28.7 Å². The molecule has 0 aliphatic heterocycles. The molecule has 1 N–H and O–H groups in total. The normalized spacial score (nSPS) is 12.3. The fourth-order valence-corrected chi connectivity index (χ4v) is 2.81. The van der Waals surface area contributed by atoms with Gasteiger partial charge < -0.3 is 4.98 Å². The van der Waals surface area contributed by atoms with Crippen molar-refractivity contribution >= 4 is 32.7 Å². The first-order valence-electron chi connectivity index (χ1n) is 7.39. The molecule has 0 amide bonds. The first-order valence-corrected chi connectivity index (χ1v) is 7.39. The summed E-state index contributed by atoms with van der Waals surface area (Å²) < 4.78 is 0. The van der Waals surface area contributed by atoms with E-state index in [1.807, 2.05) is 24.4 Å². The van der Waals surface area contributed by atoms with Crippen molar-refractivity contribution in [2.75, 3.05) is 0 Å². The third-order valence-corrected chi connectivity index (χ3v) is 3.85. The maximum Gasteiger partial charge on any atom is 1.00 e. The average Bonchev–Trinajstić information content (AvgIpc) is 3.26. The summed E-state index contributed by atoms with van der Waals surface area (Å²) in [5, 5.41) is 3.72. The molecule has 2 aromatic carbocycles. The second-order valence-corrected chi connectivity index (χ2v) is 5.23. The minimum atomic E-state index is 0. The van der Waals surface area contributed by atoms with Crippen molar-refractivity contribution in [3.05, 3.63) is 79.0 Å². The summed E-state index contributed by atoms with van der Waals surface area (Å²) in [5.74, 6) is 0. The van der Waals surface area contributed by atoms with Crippen molar-refractivity contribution < 1.29 is 19.5 Å². The van der Waals surface area contributed by atoms with Crippen LogP contribution < -0.4 is 0 Å². The summed E-state index contributed by atoms with van der Waals surface area (Å²) in [6, 6.07) is 16.7. The van der Waals surface area contributed by atoms with Crippen molar-refractivity contribution in [3.8, 4) is 0 Å². The molecule has 0 atom stereocenters. The van der Waals surface area contributed by atoms with Gasteiger partial charge in [-0.15, -0.1) is 6.42 Å². The molecule has 1 radical (unpaired) electrons. The monoisotopic (exact) mass is 385 g/mol. The molecule has 2 heterocycles. The molecule has 0 bridgehead atoms. The number of pyridine rings is 1. The molecule has 0 fully saturated rings. The molecule has 0 saturated heterocycles. The second-order valence-electron chi connectivity index (χ2n) is 5.23. The number of fused-ring (bicyclic) bond motifs is 5. The predicted molar refractivity (Wildman–Crippen MR) is 92.7 cm³/mol. The molecule has 1 aliphatic rings. The van der Waals surface area contributed by atoms with Crippen LogP contribution in [0.4, 0.5) is 0 Å². The minimum Gasteiger partial charge on any atom is -0.354 e. The van der Waals surface area contributed by atoms with E-state index in [0.29, 0.717) is 0 Å². The van der Waals surface area contributed by atoms with E-state index in [1.54, 1.807) is 0 Å². The van der Waals surface area contributed by atoms with E-state index in [0.717, 1.165) is 11.9 Å². The van der Waals surface area contributed by atoms with Crippen LogP contribution >= 0.6 is 0 Å². The van der Waals surface area contributed by atoms with Crippen LogP contribution in [0.3, 0.4) is 0 Å². The number of hydrogen-bond acceptors (Lipinski definition) is 1. The van der Waals surface area contributed by atoms with Gasteiger partial charge in [0.05, 0.1) is 11.0 Å². The number of benzene rings is 2. The van der Waals surface area contributed by atoms with Gasteiger partial charge in [-0.25, -0.2) is 12.2 Å². The second kappa shape index (κ2) is 6.89. The van der Waals surface area contributed by atoms with E-state index >= 15 is 0 Å². The number of nitrogens with one attached hydrogen (secondary N) is 1. The smallest absolute Gasteiger partial charge is 0.354 e. The number of nitrogens with zero attached hydrogens (tertiary/aromatic N) is 1. The molecule has 113 valence electrons. The molecule has 0 spiro atoms. The number of rotatable bonds is 0. The average molecular weight is 384 g/mol. The fraction of sp³-hybridized carbons (Fsp3) is 0.0500. The number of hydrogen-bond donors (Lipinski definition) is 1. The SMILES string of the molecule is [C-]1=CC=CC1.[Ru+].c1ccc2c(c1)[nH]c1c3cccnc3ccc21. The van der Waals surface area contributed by atoms with Gasteiger partial charge in [0.2, 0.25) is 0 Å². The molecule has 2 nitrogen and oxygen atoms in total. The van der Waals surface area contributed by atoms with Crippen molar-refractivity contribution in [1.82, 2.24) is 9.97 Å². The minimum absolute atomic E-state index is 0. The number of allylic oxidation sites excluding steroid dienone is 4. The van der Waals surface area contributed by atoms with Gasteiger partial charge >= 0.3 is 19.5 Å². The summed E-state index contributed by atoms with van der Waals surface area (Å²) in [7, 11) is 0. The van der Waals surface area contributed by atoms with E-state index in [1.165, 1.54) is 27.2 Å². The molecular weight excluding hydrogens is 369 g/mol. The van der Waals surface area contributed by atoms with Crippen molar-refractivity contribution in [3.63, 3.8) is 0 Å². The third-order valence-electron chi connectivity index (χ3n) is 3.85. The van der Waals surface area contributed by atoms with E-state index in [-0.39, 0.29) is 19.5 Å². The fourth-order valence-electron chi connectivity index (χ4n) is 2.81. The zero-order valence-corrected chi connectivity index (χ0v) is 14.2. The number of para-hydroxylation sites is 1. The maximum atomic E-state index is 4.38. The van der Waals surface area contributed by atoms with Crippen molar-refractivity contribution in [1.29, 1.82) is 0 Å². The molecular formula is C20H15N2Ru. The van der Waals surface area contributed by atoms with Gasteiger partial charge in [-0.2, -0.15) is 6.08 Å². The third kappa shape index (κ3) is 2.97. The number of aromatic amines is 1. The first kappa shape index (κ1) is 15.6.